The van der Waals surface area contributed by atoms with Gasteiger partial charge in [-0.05, 0) is 49.1 Å². The Bertz CT molecular complexity index is 741. The van der Waals surface area contributed by atoms with Crippen LogP contribution in [0.25, 0.3) is 0 Å². The zero-order valence-electron chi connectivity index (χ0n) is 14.5. The van der Waals surface area contributed by atoms with Crippen LogP contribution in [0.1, 0.15) is 31.2 Å². The standard InChI is InChI=1S/C20H23FN2O2.ClH/c21-16-6-3-9-19(12-16)25-13-14-4-1-8-18(10-14)23-20(24)15-5-2-7-17(22)11-15;/h1,3-4,6,8-10,12,15,17H,2,5,7,11,13,22H2,(H,23,24);1H. The van der Waals surface area contributed by atoms with E-state index in [2.05, 4.69) is 5.32 Å². The summed E-state index contributed by atoms with van der Waals surface area (Å²) in [4.78, 5) is 12.4. The fourth-order valence-corrected chi connectivity index (χ4v) is 3.17. The molecule has 1 aliphatic rings. The number of carbonyl (C=O) groups is 1. The van der Waals surface area contributed by atoms with E-state index < -0.39 is 0 Å². The van der Waals surface area contributed by atoms with Crippen molar-refractivity contribution >= 4 is 24.0 Å². The van der Waals surface area contributed by atoms with E-state index in [-0.39, 0.29) is 36.1 Å². The van der Waals surface area contributed by atoms with Gasteiger partial charge in [-0.1, -0.05) is 24.6 Å². The lowest BCUT2D eigenvalue weighted by Gasteiger charge is -2.25. The number of nitrogens with one attached hydrogen (secondary N) is 1. The molecule has 0 aliphatic heterocycles. The van der Waals surface area contributed by atoms with Gasteiger partial charge in [-0.2, -0.15) is 0 Å². The van der Waals surface area contributed by atoms with E-state index in [1.165, 1.54) is 12.1 Å². The number of hydrogen-bond donors (Lipinski definition) is 2. The molecule has 1 amide bonds. The highest BCUT2D eigenvalue weighted by atomic mass is 35.5. The highest BCUT2D eigenvalue weighted by Crippen LogP contribution is 2.25. The minimum atomic E-state index is -0.329. The average Bonchev–Trinajstić information content (AvgIpc) is 2.60. The van der Waals surface area contributed by atoms with Crippen molar-refractivity contribution in [1.29, 1.82) is 0 Å². The lowest BCUT2D eigenvalue weighted by atomic mass is 9.85. The minimum absolute atomic E-state index is 0. The smallest absolute Gasteiger partial charge is 0.227 e. The Morgan fingerprint density at radius 1 is 1.19 bits per heavy atom. The summed E-state index contributed by atoms with van der Waals surface area (Å²) in [6.45, 7) is 0.307. The Morgan fingerprint density at radius 2 is 2.00 bits per heavy atom. The maximum absolute atomic E-state index is 13.2. The van der Waals surface area contributed by atoms with E-state index in [0.717, 1.165) is 36.9 Å². The van der Waals surface area contributed by atoms with Gasteiger partial charge in [0.1, 0.15) is 18.2 Å². The van der Waals surface area contributed by atoms with Gasteiger partial charge in [0.15, 0.2) is 0 Å². The first kappa shape index (κ1) is 20.2. The molecule has 3 rings (SSSR count). The van der Waals surface area contributed by atoms with Gasteiger partial charge < -0.3 is 15.8 Å². The maximum Gasteiger partial charge on any atom is 0.227 e. The SMILES string of the molecule is Cl.NC1CCCC(C(=O)Nc2cccc(COc3cccc(F)c3)c2)C1. The second-order valence-electron chi connectivity index (χ2n) is 6.56. The lowest BCUT2D eigenvalue weighted by molar-refractivity contribution is -0.120. The van der Waals surface area contributed by atoms with Crippen molar-refractivity contribution in [2.75, 3.05) is 5.32 Å². The van der Waals surface area contributed by atoms with Crippen LogP contribution in [0.3, 0.4) is 0 Å². The molecule has 0 radical (unpaired) electrons. The fraction of sp³-hybridized carbons (Fsp3) is 0.350. The molecule has 0 aromatic heterocycles. The van der Waals surface area contributed by atoms with Crippen molar-refractivity contribution in [1.82, 2.24) is 0 Å². The first-order valence-electron chi connectivity index (χ1n) is 8.64. The number of benzene rings is 2. The Hall–Kier alpha value is -2.11. The van der Waals surface area contributed by atoms with Crippen LogP contribution < -0.4 is 15.8 Å². The summed E-state index contributed by atoms with van der Waals surface area (Å²) >= 11 is 0. The molecule has 0 spiro atoms. The molecule has 140 valence electrons. The van der Waals surface area contributed by atoms with Crippen LogP contribution in [0.15, 0.2) is 48.5 Å². The fourth-order valence-electron chi connectivity index (χ4n) is 3.17. The lowest BCUT2D eigenvalue weighted by Crippen LogP contribution is -2.34. The van der Waals surface area contributed by atoms with Gasteiger partial charge in [0.25, 0.3) is 0 Å². The number of nitrogens with two attached hydrogens (primary N) is 1. The number of ether oxygens (including phenoxy) is 1. The molecule has 1 fully saturated rings. The largest absolute Gasteiger partial charge is 0.489 e. The zero-order valence-corrected chi connectivity index (χ0v) is 15.3. The van der Waals surface area contributed by atoms with Gasteiger partial charge in [-0.15, -0.1) is 12.4 Å². The highest BCUT2D eigenvalue weighted by molar-refractivity contribution is 5.92. The summed E-state index contributed by atoms with van der Waals surface area (Å²) in [7, 11) is 0. The molecule has 2 unspecified atom stereocenters. The van der Waals surface area contributed by atoms with Crippen LogP contribution in [-0.2, 0) is 11.4 Å². The molecule has 1 aliphatic carbocycles. The third-order valence-electron chi connectivity index (χ3n) is 4.48. The number of halogens is 2. The Labute approximate surface area is 159 Å². The molecule has 0 saturated heterocycles. The molecule has 6 heteroatoms. The molecule has 26 heavy (non-hydrogen) atoms. The topological polar surface area (TPSA) is 64.4 Å². The van der Waals surface area contributed by atoms with E-state index >= 15 is 0 Å². The second kappa shape index (κ2) is 9.55. The Morgan fingerprint density at radius 3 is 2.77 bits per heavy atom. The average molecular weight is 379 g/mol. The van der Waals surface area contributed by atoms with Gasteiger partial charge in [0.2, 0.25) is 5.91 Å². The van der Waals surface area contributed by atoms with Crippen molar-refractivity contribution < 1.29 is 13.9 Å². The van der Waals surface area contributed by atoms with Gasteiger partial charge in [-0.3, -0.25) is 4.79 Å². The van der Waals surface area contributed by atoms with Crippen LogP contribution in [-0.4, -0.2) is 11.9 Å². The van der Waals surface area contributed by atoms with Crippen LogP contribution >= 0.6 is 12.4 Å². The van der Waals surface area contributed by atoms with E-state index in [4.69, 9.17) is 10.5 Å². The number of hydrogen-bond acceptors (Lipinski definition) is 3. The Kier molecular flexibility index (Phi) is 7.42. The number of anilines is 1. The summed E-state index contributed by atoms with van der Waals surface area (Å²) in [5.74, 6) is 0.157. The van der Waals surface area contributed by atoms with Crippen LogP contribution in [0.4, 0.5) is 10.1 Å². The maximum atomic E-state index is 13.2. The molecule has 3 N–H and O–H groups in total. The van der Waals surface area contributed by atoms with Crippen molar-refractivity contribution in [2.24, 2.45) is 11.7 Å². The van der Waals surface area contributed by atoms with Crippen molar-refractivity contribution in [2.45, 2.75) is 38.3 Å². The van der Waals surface area contributed by atoms with Gasteiger partial charge >= 0.3 is 0 Å². The zero-order chi connectivity index (χ0) is 17.6. The number of rotatable bonds is 5. The second-order valence-corrected chi connectivity index (χ2v) is 6.56. The molecule has 0 bridgehead atoms. The van der Waals surface area contributed by atoms with Gasteiger partial charge in [0, 0.05) is 23.7 Å². The molecule has 2 aromatic rings. The molecule has 0 heterocycles. The Balaban J connectivity index is 0.00000243. The van der Waals surface area contributed by atoms with Crippen LogP contribution in [0.5, 0.6) is 5.75 Å². The van der Waals surface area contributed by atoms with Gasteiger partial charge in [0.05, 0.1) is 0 Å². The first-order chi connectivity index (χ1) is 12.1. The summed E-state index contributed by atoms with van der Waals surface area (Å²) in [5, 5.41) is 2.97. The predicted octanol–water partition coefficient (Wildman–Crippen LogP) is 4.28. The first-order valence-corrected chi connectivity index (χ1v) is 8.64. The van der Waals surface area contributed by atoms with E-state index in [0.29, 0.717) is 12.4 Å². The third kappa shape index (κ3) is 5.71. The van der Waals surface area contributed by atoms with Gasteiger partial charge in [-0.25, -0.2) is 4.39 Å². The highest BCUT2D eigenvalue weighted by Gasteiger charge is 2.25. The number of carbonyl (C=O) groups excluding carboxylic acids is 1. The predicted molar refractivity (Wildman–Crippen MR) is 103 cm³/mol. The summed E-state index contributed by atoms with van der Waals surface area (Å²) in [6.07, 6.45) is 3.63. The molecular formula is C20H24ClFN2O2. The monoisotopic (exact) mass is 378 g/mol. The quantitative estimate of drug-likeness (QED) is 0.816. The molecule has 1 saturated carbocycles. The van der Waals surface area contributed by atoms with Crippen molar-refractivity contribution in [3.63, 3.8) is 0 Å². The molecule has 4 nitrogen and oxygen atoms in total. The minimum Gasteiger partial charge on any atom is -0.489 e. The summed E-state index contributed by atoms with van der Waals surface area (Å²) in [6, 6.07) is 13.7. The normalized spacial score (nSPS) is 19.3. The van der Waals surface area contributed by atoms with Crippen molar-refractivity contribution in [3.05, 3.63) is 59.9 Å². The van der Waals surface area contributed by atoms with E-state index in [9.17, 15) is 9.18 Å². The third-order valence-corrected chi connectivity index (χ3v) is 4.48. The van der Waals surface area contributed by atoms with E-state index in [1.54, 1.807) is 12.1 Å². The summed E-state index contributed by atoms with van der Waals surface area (Å²) < 4.78 is 18.8. The van der Waals surface area contributed by atoms with Crippen molar-refractivity contribution in [3.8, 4) is 5.75 Å². The number of amides is 1. The molecule has 2 atom stereocenters. The summed E-state index contributed by atoms with van der Waals surface area (Å²) in [5.41, 5.74) is 7.61. The molecule has 2 aromatic carbocycles. The van der Waals surface area contributed by atoms with Crippen LogP contribution in [0, 0.1) is 11.7 Å². The van der Waals surface area contributed by atoms with E-state index in [1.807, 2.05) is 24.3 Å². The molecular weight excluding hydrogens is 355 g/mol. The van der Waals surface area contributed by atoms with Crippen LogP contribution in [0.2, 0.25) is 0 Å².